The van der Waals surface area contributed by atoms with E-state index in [4.69, 9.17) is 4.74 Å². The average molecular weight is 339 g/mol. The zero-order valence-electron chi connectivity index (χ0n) is 13.2. The Morgan fingerprint density at radius 3 is 2.54 bits per heavy atom. The maximum absolute atomic E-state index is 13.0. The molecule has 0 saturated carbocycles. The molecule has 24 heavy (non-hydrogen) atoms. The highest BCUT2D eigenvalue weighted by Crippen LogP contribution is 2.03. The standard InChI is InChI=1S/C15H18FN3O5/c1-3-17-15(23)19-13(21)9(2)24-12(20)8-18-14(22)10-5-4-6-11(16)7-10/h4-7,9H,3,8H2,1-2H3,(H,18,22)(H2,17,19,21,23)/t9-/m1/s1. The highest BCUT2D eigenvalue weighted by Gasteiger charge is 2.20. The molecule has 4 amide bonds. The monoisotopic (exact) mass is 339 g/mol. The van der Waals surface area contributed by atoms with Crippen LogP contribution in [0.25, 0.3) is 0 Å². The first kappa shape index (κ1) is 19.1. The van der Waals surface area contributed by atoms with Crippen LogP contribution in [0.5, 0.6) is 0 Å². The van der Waals surface area contributed by atoms with Gasteiger partial charge in [0.1, 0.15) is 12.4 Å². The number of carbonyl (C=O) groups is 4. The van der Waals surface area contributed by atoms with Crippen molar-refractivity contribution in [1.29, 1.82) is 0 Å². The number of benzene rings is 1. The van der Waals surface area contributed by atoms with Crippen LogP contribution in [0.15, 0.2) is 24.3 Å². The summed E-state index contributed by atoms with van der Waals surface area (Å²) in [6, 6.07) is 4.23. The lowest BCUT2D eigenvalue weighted by atomic mass is 10.2. The number of carbonyl (C=O) groups excluding carboxylic acids is 4. The number of halogens is 1. The first-order valence-corrected chi connectivity index (χ1v) is 7.15. The molecule has 8 nitrogen and oxygen atoms in total. The Kier molecular flexibility index (Phi) is 7.34. The van der Waals surface area contributed by atoms with Crippen LogP contribution in [-0.2, 0) is 14.3 Å². The maximum Gasteiger partial charge on any atom is 0.326 e. The van der Waals surface area contributed by atoms with Gasteiger partial charge >= 0.3 is 12.0 Å². The third kappa shape index (κ3) is 6.42. The summed E-state index contributed by atoms with van der Waals surface area (Å²) in [6.07, 6.45) is -1.22. The SMILES string of the molecule is CCNC(=O)NC(=O)[C@@H](C)OC(=O)CNC(=O)c1cccc(F)c1. The molecule has 0 saturated heterocycles. The van der Waals surface area contributed by atoms with Crippen LogP contribution in [0.2, 0.25) is 0 Å². The molecule has 0 heterocycles. The second-order valence-electron chi connectivity index (χ2n) is 4.67. The maximum atomic E-state index is 13.0. The summed E-state index contributed by atoms with van der Waals surface area (Å²) >= 11 is 0. The van der Waals surface area contributed by atoms with Crippen LogP contribution >= 0.6 is 0 Å². The molecule has 1 atom stereocenters. The summed E-state index contributed by atoms with van der Waals surface area (Å²) in [5.74, 6) is -2.92. The van der Waals surface area contributed by atoms with Crippen LogP contribution in [0.1, 0.15) is 24.2 Å². The Hall–Kier alpha value is -2.97. The van der Waals surface area contributed by atoms with E-state index >= 15 is 0 Å². The van der Waals surface area contributed by atoms with Gasteiger partial charge in [-0.2, -0.15) is 0 Å². The van der Waals surface area contributed by atoms with Crippen molar-refractivity contribution >= 4 is 23.8 Å². The summed E-state index contributed by atoms with van der Waals surface area (Å²) in [4.78, 5) is 46.1. The van der Waals surface area contributed by atoms with Crippen LogP contribution in [0, 0.1) is 5.82 Å². The summed E-state index contributed by atoms with van der Waals surface area (Å²) in [5, 5.41) is 6.58. The lowest BCUT2D eigenvalue weighted by Crippen LogP contribution is -2.45. The summed E-state index contributed by atoms with van der Waals surface area (Å²) in [7, 11) is 0. The summed E-state index contributed by atoms with van der Waals surface area (Å²) < 4.78 is 17.8. The van der Waals surface area contributed by atoms with Crippen molar-refractivity contribution in [3.63, 3.8) is 0 Å². The molecule has 0 aromatic heterocycles. The van der Waals surface area contributed by atoms with Crippen molar-refractivity contribution in [3.8, 4) is 0 Å². The Balaban J connectivity index is 2.41. The van der Waals surface area contributed by atoms with Gasteiger partial charge in [-0.15, -0.1) is 0 Å². The average Bonchev–Trinajstić information content (AvgIpc) is 2.52. The lowest BCUT2D eigenvalue weighted by molar-refractivity contribution is -0.153. The van der Waals surface area contributed by atoms with Gasteiger partial charge < -0.3 is 15.4 Å². The lowest BCUT2D eigenvalue weighted by Gasteiger charge is -2.13. The topological polar surface area (TPSA) is 114 Å². The Bertz CT molecular complexity index is 635. The molecule has 1 rings (SSSR count). The number of esters is 1. The molecular formula is C15H18FN3O5. The number of hydrogen-bond acceptors (Lipinski definition) is 5. The van der Waals surface area contributed by atoms with Crippen molar-refractivity contribution in [3.05, 3.63) is 35.6 Å². The predicted octanol–water partition coefficient (Wildman–Crippen LogP) is 0.333. The van der Waals surface area contributed by atoms with E-state index in [9.17, 15) is 23.6 Å². The number of urea groups is 1. The number of amides is 4. The van der Waals surface area contributed by atoms with E-state index in [0.717, 1.165) is 6.07 Å². The van der Waals surface area contributed by atoms with Crippen LogP contribution < -0.4 is 16.0 Å². The molecule has 0 aliphatic rings. The second-order valence-corrected chi connectivity index (χ2v) is 4.67. The number of nitrogens with one attached hydrogen (secondary N) is 3. The number of imide groups is 1. The molecule has 0 spiro atoms. The molecule has 0 aliphatic carbocycles. The highest BCUT2D eigenvalue weighted by molar-refractivity contribution is 5.98. The first-order chi connectivity index (χ1) is 11.3. The summed E-state index contributed by atoms with van der Waals surface area (Å²) in [6.45, 7) is 2.78. The van der Waals surface area contributed by atoms with E-state index in [2.05, 4.69) is 10.6 Å². The van der Waals surface area contributed by atoms with Crippen molar-refractivity contribution in [2.75, 3.05) is 13.1 Å². The van der Waals surface area contributed by atoms with Gasteiger partial charge in [0, 0.05) is 12.1 Å². The third-order valence-electron chi connectivity index (χ3n) is 2.73. The van der Waals surface area contributed by atoms with E-state index in [1.807, 2.05) is 5.32 Å². The largest absolute Gasteiger partial charge is 0.451 e. The van der Waals surface area contributed by atoms with Gasteiger partial charge in [0.25, 0.3) is 11.8 Å². The zero-order chi connectivity index (χ0) is 18.1. The first-order valence-electron chi connectivity index (χ1n) is 7.15. The minimum Gasteiger partial charge on any atom is -0.451 e. The van der Waals surface area contributed by atoms with E-state index in [-0.39, 0.29) is 5.56 Å². The van der Waals surface area contributed by atoms with Gasteiger partial charge in [-0.05, 0) is 32.0 Å². The fourth-order valence-electron chi connectivity index (χ4n) is 1.59. The van der Waals surface area contributed by atoms with Gasteiger partial charge in [-0.25, -0.2) is 9.18 Å². The predicted molar refractivity (Wildman–Crippen MR) is 81.5 cm³/mol. The minimum atomic E-state index is -1.22. The Labute approximate surface area is 137 Å². The van der Waals surface area contributed by atoms with Crippen molar-refractivity contribution in [2.45, 2.75) is 20.0 Å². The van der Waals surface area contributed by atoms with Gasteiger partial charge in [-0.3, -0.25) is 19.7 Å². The molecule has 0 radical (unpaired) electrons. The third-order valence-corrected chi connectivity index (χ3v) is 2.73. The van der Waals surface area contributed by atoms with E-state index in [1.54, 1.807) is 6.92 Å². The Morgan fingerprint density at radius 1 is 1.21 bits per heavy atom. The number of ether oxygens (including phenoxy) is 1. The number of hydrogen-bond donors (Lipinski definition) is 3. The summed E-state index contributed by atoms with van der Waals surface area (Å²) in [5.41, 5.74) is 0.0461. The molecular weight excluding hydrogens is 321 g/mol. The fraction of sp³-hybridized carbons (Fsp3) is 0.333. The molecule has 3 N–H and O–H groups in total. The molecule has 0 aliphatic heterocycles. The molecule has 9 heteroatoms. The molecule has 0 bridgehead atoms. The van der Waals surface area contributed by atoms with Crippen molar-refractivity contribution < 1.29 is 28.3 Å². The van der Waals surface area contributed by atoms with E-state index in [0.29, 0.717) is 6.54 Å². The van der Waals surface area contributed by atoms with Crippen LogP contribution in [-0.4, -0.2) is 43.0 Å². The quantitative estimate of drug-likeness (QED) is 0.647. The zero-order valence-corrected chi connectivity index (χ0v) is 13.2. The van der Waals surface area contributed by atoms with Crippen LogP contribution in [0.4, 0.5) is 9.18 Å². The molecule has 0 fully saturated rings. The molecule has 130 valence electrons. The normalized spacial score (nSPS) is 11.1. The Morgan fingerprint density at radius 2 is 1.92 bits per heavy atom. The second kappa shape index (κ2) is 9.23. The van der Waals surface area contributed by atoms with Gasteiger partial charge in [-0.1, -0.05) is 6.07 Å². The van der Waals surface area contributed by atoms with E-state index in [1.165, 1.54) is 25.1 Å². The van der Waals surface area contributed by atoms with E-state index < -0.39 is 42.3 Å². The molecule has 1 aromatic carbocycles. The van der Waals surface area contributed by atoms with Gasteiger partial charge in [0.2, 0.25) is 0 Å². The van der Waals surface area contributed by atoms with Gasteiger partial charge in [0.05, 0.1) is 0 Å². The highest BCUT2D eigenvalue weighted by atomic mass is 19.1. The number of rotatable bonds is 6. The van der Waals surface area contributed by atoms with Crippen molar-refractivity contribution in [2.24, 2.45) is 0 Å². The van der Waals surface area contributed by atoms with Crippen LogP contribution in [0.3, 0.4) is 0 Å². The van der Waals surface area contributed by atoms with Gasteiger partial charge in [0.15, 0.2) is 6.10 Å². The fourth-order valence-corrected chi connectivity index (χ4v) is 1.59. The molecule has 1 aromatic rings. The minimum absolute atomic E-state index is 0.0461. The molecule has 0 unspecified atom stereocenters. The van der Waals surface area contributed by atoms with Crippen molar-refractivity contribution in [1.82, 2.24) is 16.0 Å². The smallest absolute Gasteiger partial charge is 0.326 e.